The van der Waals surface area contributed by atoms with Crippen LogP contribution in [0.15, 0.2) is 37.0 Å². The van der Waals surface area contributed by atoms with Crippen molar-refractivity contribution in [2.45, 2.75) is 18.6 Å². The summed E-state index contributed by atoms with van der Waals surface area (Å²) >= 11 is 0. The Morgan fingerprint density at radius 2 is 2.17 bits per heavy atom. The van der Waals surface area contributed by atoms with Crippen LogP contribution in [-0.2, 0) is 14.3 Å². The summed E-state index contributed by atoms with van der Waals surface area (Å²) in [5, 5.41) is 0. The van der Waals surface area contributed by atoms with Gasteiger partial charge in [0.05, 0.1) is 12.5 Å². The van der Waals surface area contributed by atoms with Crippen molar-refractivity contribution in [3.05, 3.63) is 37.0 Å². The minimum absolute atomic E-state index is 0.0479. The number of nitrogens with zero attached hydrogens (tertiary/aromatic N) is 1. The number of carbonyl (C=O) groups excluding carboxylic acids is 2. The molecular formula is C14H17NO3. The molecule has 0 radical (unpaired) electrons. The highest BCUT2D eigenvalue weighted by atomic mass is 16.5. The van der Waals surface area contributed by atoms with Crippen molar-refractivity contribution < 1.29 is 14.3 Å². The van der Waals surface area contributed by atoms with Gasteiger partial charge in [0, 0.05) is 7.05 Å². The van der Waals surface area contributed by atoms with E-state index in [-0.39, 0.29) is 17.6 Å². The van der Waals surface area contributed by atoms with E-state index >= 15 is 0 Å². The van der Waals surface area contributed by atoms with Gasteiger partial charge >= 0.3 is 0 Å². The zero-order valence-corrected chi connectivity index (χ0v) is 10.5. The predicted molar refractivity (Wildman–Crippen MR) is 67.7 cm³/mol. The van der Waals surface area contributed by atoms with Crippen LogP contribution in [0.4, 0.5) is 0 Å². The molecular weight excluding hydrogens is 230 g/mol. The molecule has 4 heteroatoms. The fraction of sp³-hybridized carbons (Fsp3) is 0.429. The van der Waals surface area contributed by atoms with E-state index in [2.05, 4.69) is 6.58 Å². The van der Waals surface area contributed by atoms with Gasteiger partial charge in [0.25, 0.3) is 0 Å². The van der Waals surface area contributed by atoms with E-state index < -0.39 is 5.72 Å². The van der Waals surface area contributed by atoms with Crippen molar-refractivity contribution in [3.63, 3.8) is 0 Å². The van der Waals surface area contributed by atoms with Crippen LogP contribution in [0.1, 0.15) is 12.8 Å². The average Bonchev–Trinajstić information content (AvgIpc) is 2.38. The van der Waals surface area contributed by atoms with E-state index in [1.54, 1.807) is 30.2 Å². The van der Waals surface area contributed by atoms with Gasteiger partial charge in [-0.25, -0.2) is 0 Å². The molecule has 0 saturated carbocycles. The van der Waals surface area contributed by atoms with Crippen molar-refractivity contribution in [3.8, 4) is 0 Å². The van der Waals surface area contributed by atoms with E-state index in [0.29, 0.717) is 6.61 Å². The second kappa shape index (κ2) is 4.90. The van der Waals surface area contributed by atoms with E-state index in [0.717, 1.165) is 12.8 Å². The van der Waals surface area contributed by atoms with Gasteiger partial charge in [0.2, 0.25) is 5.91 Å². The maximum atomic E-state index is 12.2. The lowest BCUT2D eigenvalue weighted by Gasteiger charge is -2.44. The average molecular weight is 247 g/mol. The number of likely N-dealkylation sites (N-methyl/N-ethyl adjacent to an activating group) is 1. The summed E-state index contributed by atoms with van der Waals surface area (Å²) in [5.41, 5.74) is -0.879. The zero-order chi connectivity index (χ0) is 13.2. The minimum atomic E-state index is -0.879. The van der Waals surface area contributed by atoms with Crippen molar-refractivity contribution >= 4 is 11.7 Å². The molecule has 0 aromatic rings. The standard InChI is InChI=1S/C14H17NO3/c1-3-4-5-11-10-18-14(15(2)13(11)17)8-6-12(16)7-9-14/h3,6-9,11H,1,4-5,10H2,2H3. The van der Waals surface area contributed by atoms with Gasteiger partial charge in [-0.3, -0.25) is 9.59 Å². The lowest BCUT2D eigenvalue weighted by atomic mass is 9.95. The molecule has 1 unspecified atom stereocenters. The Labute approximate surface area is 107 Å². The topological polar surface area (TPSA) is 46.6 Å². The summed E-state index contributed by atoms with van der Waals surface area (Å²) < 4.78 is 5.79. The van der Waals surface area contributed by atoms with Crippen LogP contribution in [-0.4, -0.2) is 36.0 Å². The molecule has 0 N–H and O–H groups in total. The molecule has 1 saturated heterocycles. The third kappa shape index (κ3) is 2.16. The summed E-state index contributed by atoms with van der Waals surface area (Å²) in [7, 11) is 1.70. The number of ketones is 1. The number of allylic oxidation sites excluding steroid dienone is 3. The zero-order valence-electron chi connectivity index (χ0n) is 10.5. The number of carbonyl (C=O) groups is 2. The van der Waals surface area contributed by atoms with Gasteiger partial charge in [-0.05, 0) is 37.1 Å². The number of hydrogen-bond donors (Lipinski definition) is 0. The molecule has 0 bridgehead atoms. The van der Waals surface area contributed by atoms with Gasteiger partial charge in [0.1, 0.15) is 0 Å². The maximum Gasteiger partial charge on any atom is 0.230 e. The van der Waals surface area contributed by atoms with Gasteiger partial charge in [-0.15, -0.1) is 6.58 Å². The lowest BCUT2D eigenvalue weighted by Crippen LogP contribution is -2.57. The molecule has 2 aliphatic rings. The second-order valence-electron chi connectivity index (χ2n) is 4.59. The first-order chi connectivity index (χ1) is 8.59. The third-order valence-corrected chi connectivity index (χ3v) is 3.41. The van der Waals surface area contributed by atoms with E-state index in [1.807, 2.05) is 0 Å². The molecule has 1 aliphatic carbocycles. The summed E-state index contributed by atoms with van der Waals surface area (Å²) in [6.07, 6.45) is 9.49. The second-order valence-corrected chi connectivity index (χ2v) is 4.59. The summed E-state index contributed by atoms with van der Waals surface area (Å²) in [6.45, 7) is 4.03. The molecule has 1 heterocycles. The molecule has 4 nitrogen and oxygen atoms in total. The van der Waals surface area contributed by atoms with Crippen LogP contribution in [0.5, 0.6) is 0 Å². The largest absolute Gasteiger partial charge is 0.347 e. The van der Waals surface area contributed by atoms with Gasteiger partial charge in [-0.2, -0.15) is 0 Å². The molecule has 1 fully saturated rings. The SMILES string of the molecule is C=CCCC1COC2(C=CC(=O)C=C2)N(C)C1=O. The van der Waals surface area contributed by atoms with Gasteiger partial charge in [0.15, 0.2) is 11.5 Å². The molecule has 1 aliphatic heterocycles. The Bertz CT molecular complexity index is 420. The first-order valence-corrected chi connectivity index (χ1v) is 6.04. The summed E-state index contributed by atoms with van der Waals surface area (Å²) in [6, 6.07) is 0. The van der Waals surface area contributed by atoms with Crippen molar-refractivity contribution in [1.82, 2.24) is 4.90 Å². The molecule has 1 atom stereocenters. The summed E-state index contributed by atoms with van der Waals surface area (Å²) in [4.78, 5) is 24.9. The Morgan fingerprint density at radius 1 is 1.50 bits per heavy atom. The number of rotatable bonds is 3. The Morgan fingerprint density at radius 3 is 2.78 bits per heavy atom. The van der Waals surface area contributed by atoms with Crippen LogP contribution < -0.4 is 0 Å². The van der Waals surface area contributed by atoms with Gasteiger partial charge in [-0.1, -0.05) is 6.08 Å². The van der Waals surface area contributed by atoms with Crippen molar-refractivity contribution in [2.24, 2.45) is 5.92 Å². The lowest BCUT2D eigenvalue weighted by molar-refractivity contribution is -0.175. The molecule has 0 aromatic heterocycles. The molecule has 18 heavy (non-hydrogen) atoms. The van der Waals surface area contributed by atoms with Crippen LogP contribution in [0, 0.1) is 5.92 Å². The number of ether oxygens (including phenoxy) is 1. The molecule has 1 spiro atoms. The quantitative estimate of drug-likeness (QED) is 0.709. The van der Waals surface area contributed by atoms with E-state index in [9.17, 15) is 9.59 Å². The van der Waals surface area contributed by atoms with Crippen molar-refractivity contribution in [1.29, 1.82) is 0 Å². The normalized spacial score (nSPS) is 25.8. The minimum Gasteiger partial charge on any atom is -0.347 e. The first kappa shape index (κ1) is 12.8. The van der Waals surface area contributed by atoms with Crippen LogP contribution in [0.2, 0.25) is 0 Å². The number of hydrogen-bond acceptors (Lipinski definition) is 3. The van der Waals surface area contributed by atoms with Gasteiger partial charge < -0.3 is 9.64 Å². The molecule has 1 amide bonds. The van der Waals surface area contributed by atoms with E-state index in [4.69, 9.17) is 4.74 Å². The van der Waals surface area contributed by atoms with E-state index in [1.165, 1.54) is 12.2 Å². The monoisotopic (exact) mass is 247 g/mol. The van der Waals surface area contributed by atoms with Crippen LogP contribution in [0.25, 0.3) is 0 Å². The highest BCUT2D eigenvalue weighted by Gasteiger charge is 2.42. The predicted octanol–water partition coefficient (Wildman–Crippen LogP) is 1.45. The Kier molecular flexibility index (Phi) is 3.48. The smallest absolute Gasteiger partial charge is 0.230 e. The molecule has 96 valence electrons. The Balaban J connectivity index is 2.13. The Hall–Kier alpha value is -1.68. The molecule has 2 rings (SSSR count). The number of amides is 1. The van der Waals surface area contributed by atoms with Crippen LogP contribution >= 0.6 is 0 Å². The van der Waals surface area contributed by atoms with Crippen LogP contribution in [0.3, 0.4) is 0 Å². The maximum absolute atomic E-state index is 12.2. The first-order valence-electron chi connectivity index (χ1n) is 6.04. The fourth-order valence-corrected chi connectivity index (χ4v) is 2.21. The molecule has 0 aromatic carbocycles. The highest BCUT2D eigenvalue weighted by Crippen LogP contribution is 2.31. The fourth-order valence-electron chi connectivity index (χ4n) is 2.21. The highest BCUT2D eigenvalue weighted by molar-refractivity contribution is 6.00. The van der Waals surface area contributed by atoms with Crippen molar-refractivity contribution in [2.75, 3.05) is 13.7 Å². The third-order valence-electron chi connectivity index (χ3n) is 3.41. The summed E-state index contributed by atoms with van der Waals surface area (Å²) in [5.74, 6) is -0.163.